The molecule has 4 nitrogen and oxygen atoms in total. The van der Waals surface area contributed by atoms with E-state index in [0.717, 1.165) is 22.4 Å². The van der Waals surface area contributed by atoms with Crippen LogP contribution >= 0.6 is 0 Å². The van der Waals surface area contributed by atoms with Gasteiger partial charge in [-0.25, -0.2) is 15.0 Å². The van der Waals surface area contributed by atoms with Gasteiger partial charge in [0.1, 0.15) is 0 Å². The van der Waals surface area contributed by atoms with Crippen molar-refractivity contribution in [2.75, 3.05) is 0 Å². The highest BCUT2D eigenvalue weighted by molar-refractivity contribution is 6.41. The number of benzene rings is 9. The van der Waals surface area contributed by atoms with Crippen LogP contribution in [0.4, 0.5) is 0 Å². The van der Waals surface area contributed by atoms with Crippen LogP contribution in [0.1, 0.15) is 0 Å². The van der Waals surface area contributed by atoms with Crippen molar-refractivity contribution in [2.24, 2.45) is 0 Å². The molecule has 0 aliphatic carbocycles. The molecule has 11 rings (SSSR count). The molecule has 0 atom stereocenters. The molecular formula is C47H28N4. The summed E-state index contributed by atoms with van der Waals surface area (Å²) in [6.07, 6.45) is 0. The highest BCUT2D eigenvalue weighted by atomic mass is 15.0. The number of nitrogens with zero attached hydrogens (tertiary/aromatic N) is 4. The topological polar surface area (TPSA) is 43.6 Å². The van der Waals surface area contributed by atoms with E-state index >= 15 is 0 Å². The Morgan fingerprint density at radius 1 is 0.333 bits per heavy atom. The van der Waals surface area contributed by atoms with Gasteiger partial charge in [0.05, 0.1) is 11.0 Å². The van der Waals surface area contributed by atoms with Crippen molar-refractivity contribution in [3.8, 4) is 51.0 Å². The summed E-state index contributed by atoms with van der Waals surface area (Å²) in [7, 11) is 0. The third-order valence-electron chi connectivity index (χ3n) is 10.3. The summed E-state index contributed by atoms with van der Waals surface area (Å²) in [6.45, 7) is 0. The van der Waals surface area contributed by atoms with E-state index in [1.54, 1.807) is 0 Å². The zero-order valence-corrected chi connectivity index (χ0v) is 27.5. The van der Waals surface area contributed by atoms with Crippen molar-refractivity contribution in [1.82, 2.24) is 19.5 Å². The Kier molecular flexibility index (Phi) is 5.92. The lowest BCUT2D eigenvalue weighted by molar-refractivity contribution is 1.07. The van der Waals surface area contributed by atoms with Crippen LogP contribution in [0.25, 0.3) is 105 Å². The van der Waals surface area contributed by atoms with Crippen LogP contribution in [0.15, 0.2) is 170 Å². The average Bonchev–Trinajstić information content (AvgIpc) is 3.56. The second kappa shape index (κ2) is 10.8. The fraction of sp³-hybridized carbons (Fsp3) is 0. The van der Waals surface area contributed by atoms with Crippen LogP contribution in [0, 0.1) is 0 Å². The molecule has 0 saturated carbocycles. The molecule has 236 valence electrons. The molecule has 0 unspecified atom stereocenters. The van der Waals surface area contributed by atoms with Crippen LogP contribution < -0.4 is 0 Å². The molecule has 0 N–H and O–H groups in total. The standard InChI is InChI=1S/C47H28N4/c1-4-12-29(13-5-1)36-25-27-39-44-42(36)37-21-11-18-30-22-23-31-24-26-38(43(44)41(31)40(30)37)51(39)35-20-10-19-34(28-35)47-49-45(32-14-6-2-7-15-32)48-46(50-47)33-16-8-3-9-17-33/h1-28H. The van der Waals surface area contributed by atoms with E-state index in [1.165, 1.54) is 65.3 Å². The Hall–Kier alpha value is -6.91. The predicted molar refractivity (Wildman–Crippen MR) is 211 cm³/mol. The summed E-state index contributed by atoms with van der Waals surface area (Å²) in [4.78, 5) is 15.0. The summed E-state index contributed by atoms with van der Waals surface area (Å²) >= 11 is 0. The van der Waals surface area contributed by atoms with Gasteiger partial charge in [0, 0.05) is 43.9 Å². The summed E-state index contributed by atoms with van der Waals surface area (Å²) in [5.41, 5.74) is 8.74. The fourth-order valence-corrected chi connectivity index (χ4v) is 8.13. The molecular weight excluding hydrogens is 621 g/mol. The maximum atomic E-state index is 5.05. The van der Waals surface area contributed by atoms with Crippen LogP contribution in [0.5, 0.6) is 0 Å². The van der Waals surface area contributed by atoms with Crippen LogP contribution in [0.2, 0.25) is 0 Å². The molecule has 0 fully saturated rings. The van der Waals surface area contributed by atoms with Gasteiger partial charge in [0.2, 0.25) is 0 Å². The first-order valence-corrected chi connectivity index (χ1v) is 17.3. The third kappa shape index (κ3) is 4.17. The average molecular weight is 649 g/mol. The van der Waals surface area contributed by atoms with E-state index < -0.39 is 0 Å². The van der Waals surface area contributed by atoms with Gasteiger partial charge in [-0.05, 0) is 56.9 Å². The molecule has 0 bridgehead atoms. The van der Waals surface area contributed by atoms with Gasteiger partial charge < -0.3 is 4.57 Å². The molecule has 0 radical (unpaired) electrons. The minimum absolute atomic E-state index is 0.640. The first kappa shape index (κ1) is 28.0. The second-order valence-corrected chi connectivity index (χ2v) is 13.2. The van der Waals surface area contributed by atoms with E-state index in [2.05, 4.69) is 114 Å². The second-order valence-electron chi connectivity index (χ2n) is 13.2. The van der Waals surface area contributed by atoms with E-state index in [1.807, 2.05) is 60.7 Å². The van der Waals surface area contributed by atoms with Crippen LogP contribution in [-0.4, -0.2) is 19.5 Å². The molecule has 4 heteroatoms. The van der Waals surface area contributed by atoms with Gasteiger partial charge in [-0.2, -0.15) is 0 Å². The quantitative estimate of drug-likeness (QED) is 0.138. The van der Waals surface area contributed by atoms with Gasteiger partial charge in [-0.1, -0.05) is 146 Å². The van der Waals surface area contributed by atoms with Crippen LogP contribution in [0.3, 0.4) is 0 Å². The Morgan fingerprint density at radius 2 is 0.843 bits per heavy atom. The van der Waals surface area contributed by atoms with Crippen molar-refractivity contribution < 1.29 is 0 Å². The lowest BCUT2D eigenvalue weighted by Gasteiger charge is -2.16. The number of aromatic nitrogens is 4. The normalized spacial score (nSPS) is 11.9. The maximum Gasteiger partial charge on any atom is 0.164 e. The Morgan fingerprint density at radius 3 is 1.51 bits per heavy atom. The monoisotopic (exact) mass is 648 g/mol. The van der Waals surface area contributed by atoms with Gasteiger partial charge in [-0.15, -0.1) is 0 Å². The van der Waals surface area contributed by atoms with E-state index in [9.17, 15) is 0 Å². The maximum absolute atomic E-state index is 5.05. The SMILES string of the molecule is c1ccc(-c2nc(-c3ccccc3)nc(-c3cccc(-n4c5ccc(-c6ccccc6)c6c7cccc8ccc9ccc4c(c9c87)c65)c3)n2)cc1. The van der Waals surface area contributed by atoms with Gasteiger partial charge in [-0.3, -0.25) is 0 Å². The Balaban J connectivity index is 1.20. The largest absolute Gasteiger partial charge is 0.309 e. The fourth-order valence-electron chi connectivity index (χ4n) is 8.13. The molecule has 0 spiro atoms. The van der Waals surface area contributed by atoms with E-state index in [0.29, 0.717) is 17.5 Å². The minimum atomic E-state index is 0.640. The van der Waals surface area contributed by atoms with Gasteiger partial charge >= 0.3 is 0 Å². The number of hydrogen-bond donors (Lipinski definition) is 0. The summed E-state index contributed by atoms with van der Waals surface area (Å²) in [5, 5.41) is 10.4. The Bertz CT molecular complexity index is 3000. The summed E-state index contributed by atoms with van der Waals surface area (Å²) in [6, 6.07) is 60.2. The van der Waals surface area contributed by atoms with Gasteiger partial charge in [0.15, 0.2) is 17.5 Å². The molecule has 11 aromatic rings. The lowest BCUT2D eigenvalue weighted by Crippen LogP contribution is -2.01. The zero-order chi connectivity index (χ0) is 33.5. The first-order chi connectivity index (χ1) is 25.3. The number of hydrogen-bond acceptors (Lipinski definition) is 3. The third-order valence-corrected chi connectivity index (χ3v) is 10.3. The summed E-state index contributed by atoms with van der Waals surface area (Å²) in [5.74, 6) is 1.94. The number of rotatable bonds is 5. The first-order valence-electron chi connectivity index (χ1n) is 17.3. The van der Waals surface area contributed by atoms with Crippen LogP contribution in [-0.2, 0) is 0 Å². The minimum Gasteiger partial charge on any atom is -0.309 e. The molecule has 9 aromatic carbocycles. The smallest absolute Gasteiger partial charge is 0.164 e. The molecule has 2 aromatic heterocycles. The molecule has 2 heterocycles. The molecule has 0 amide bonds. The Labute approximate surface area is 293 Å². The lowest BCUT2D eigenvalue weighted by atomic mass is 9.86. The highest BCUT2D eigenvalue weighted by Gasteiger charge is 2.24. The van der Waals surface area contributed by atoms with Crippen molar-refractivity contribution >= 4 is 54.1 Å². The van der Waals surface area contributed by atoms with E-state index in [-0.39, 0.29) is 0 Å². The molecule has 0 aliphatic rings. The van der Waals surface area contributed by atoms with Gasteiger partial charge in [0.25, 0.3) is 0 Å². The zero-order valence-electron chi connectivity index (χ0n) is 27.5. The van der Waals surface area contributed by atoms with Crippen molar-refractivity contribution in [3.63, 3.8) is 0 Å². The van der Waals surface area contributed by atoms with Crippen molar-refractivity contribution in [2.45, 2.75) is 0 Å². The van der Waals surface area contributed by atoms with Crippen molar-refractivity contribution in [1.29, 1.82) is 0 Å². The van der Waals surface area contributed by atoms with E-state index in [4.69, 9.17) is 15.0 Å². The molecule has 0 aliphatic heterocycles. The highest BCUT2D eigenvalue weighted by Crippen LogP contribution is 2.49. The molecule has 0 saturated heterocycles. The number of fused-ring (bicyclic) bond motifs is 1. The predicted octanol–water partition coefficient (Wildman–Crippen LogP) is 12.0. The van der Waals surface area contributed by atoms with Crippen molar-refractivity contribution in [3.05, 3.63) is 170 Å². The molecule has 51 heavy (non-hydrogen) atoms. The summed E-state index contributed by atoms with van der Waals surface area (Å²) < 4.78 is 2.42.